The van der Waals surface area contributed by atoms with E-state index in [-0.39, 0.29) is 39.1 Å². The first-order valence-electron chi connectivity index (χ1n) is 10.9. The van der Waals surface area contributed by atoms with Crippen molar-refractivity contribution in [2.75, 3.05) is 15.9 Å². The third-order valence-electron chi connectivity index (χ3n) is 5.53. The van der Waals surface area contributed by atoms with E-state index < -0.39 is 10.0 Å². The molecule has 0 saturated carbocycles. The Morgan fingerprint density at radius 2 is 1.78 bits per heavy atom. The molecule has 1 N–H and O–H groups in total. The standard InChI is InChI=1S/C25H23Cl2N3O4S2/c1-15(2)30-20-12-11-18(13-22(20)35-25(30)32)28-24(31)17-9-7-16(8-10-17)14-29(36(3,33)34)21-6-4-5-19(26)23(21)27/h4-13,15H,14H2,1-3H3,(H,28,31). The van der Waals surface area contributed by atoms with Gasteiger partial charge in [-0.1, -0.05) is 52.7 Å². The summed E-state index contributed by atoms with van der Waals surface area (Å²) in [4.78, 5) is 25.0. The minimum atomic E-state index is -3.66. The number of aromatic nitrogens is 1. The topological polar surface area (TPSA) is 88.5 Å². The highest BCUT2D eigenvalue weighted by Crippen LogP contribution is 2.34. The summed E-state index contributed by atoms with van der Waals surface area (Å²) < 4.78 is 28.6. The van der Waals surface area contributed by atoms with Gasteiger partial charge in [0.1, 0.15) is 0 Å². The average molecular weight is 565 g/mol. The van der Waals surface area contributed by atoms with Crippen molar-refractivity contribution in [2.45, 2.75) is 26.4 Å². The van der Waals surface area contributed by atoms with Crippen LogP contribution >= 0.6 is 34.5 Å². The van der Waals surface area contributed by atoms with E-state index >= 15 is 0 Å². The van der Waals surface area contributed by atoms with Crippen LogP contribution in [0, 0.1) is 0 Å². The molecular formula is C25H23Cl2N3O4S2. The van der Waals surface area contributed by atoms with E-state index in [0.29, 0.717) is 16.8 Å². The van der Waals surface area contributed by atoms with Gasteiger partial charge in [0.05, 0.1) is 38.7 Å². The number of nitrogens with zero attached hydrogens (tertiary/aromatic N) is 2. The van der Waals surface area contributed by atoms with E-state index in [9.17, 15) is 18.0 Å². The molecule has 0 atom stereocenters. The van der Waals surface area contributed by atoms with E-state index in [1.54, 1.807) is 59.2 Å². The fraction of sp³-hybridized carbons (Fsp3) is 0.200. The summed E-state index contributed by atoms with van der Waals surface area (Å²) >= 11 is 13.5. The average Bonchev–Trinajstić information content (AvgIpc) is 3.14. The molecule has 0 saturated heterocycles. The van der Waals surface area contributed by atoms with Gasteiger partial charge in [0.25, 0.3) is 5.91 Å². The number of rotatable bonds is 7. The Kier molecular flexibility index (Phi) is 7.47. The number of hydrogen-bond donors (Lipinski definition) is 1. The van der Waals surface area contributed by atoms with Gasteiger partial charge in [-0.2, -0.15) is 0 Å². The first-order chi connectivity index (χ1) is 17.0. The van der Waals surface area contributed by atoms with Gasteiger partial charge in [-0.15, -0.1) is 0 Å². The number of halogens is 2. The zero-order chi connectivity index (χ0) is 26.2. The van der Waals surface area contributed by atoms with E-state index in [2.05, 4.69) is 5.32 Å². The van der Waals surface area contributed by atoms with E-state index in [0.717, 1.165) is 27.8 Å². The first-order valence-corrected chi connectivity index (χ1v) is 14.3. The number of nitrogens with one attached hydrogen (secondary N) is 1. The molecule has 1 aromatic heterocycles. The van der Waals surface area contributed by atoms with Crippen LogP contribution in [0.25, 0.3) is 10.2 Å². The lowest BCUT2D eigenvalue weighted by Crippen LogP contribution is -2.29. The van der Waals surface area contributed by atoms with Crippen molar-refractivity contribution in [1.29, 1.82) is 0 Å². The third kappa shape index (κ3) is 5.44. The number of thiazole rings is 1. The van der Waals surface area contributed by atoms with Gasteiger partial charge in [-0.05, 0) is 61.9 Å². The molecule has 0 spiro atoms. The molecule has 1 heterocycles. The Balaban J connectivity index is 1.53. The van der Waals surface area contributed by atoms with Gasteiger partial charge >= 0.3 is 4.87 Å². The minimum Gasteiger partial charge on any atom is -0.322 e. The molecule has 1 amide bonds. The second-order valence-electron chi connectivity index (χ2n) is 8.51. The maximum atomic E-state index is 12.8. The predicted octanol–water partition coefficient (Wildman–Crippen LogP) is 6.17. The van der Waals surface area contributed by atoms with E-state index in [4.69, 9.17) is 23.2 Å². The van der Waals surface area contributed by atoms with Crippen LogP contribution in [-0.2, 0) is 16.6 Å². The third-order valence-corrected chi connectivity index (χ3v) is 8.38. The lowest BCUT2D eigenvalue weighted by molar-refractivity contribution is 0.102. The zero-order valence-corrected chi connectivity index (χ0v) is 22.8. The lowest BCUT2D eigenvalue weighted by atomic mass is 10.1. The normalized spacial score (nSPS) is 11.7. The fourth-order valence-electron chi connectivity index (χ4n) is 3.80. The van der Waals surface area contributed by atoms with E-state index in [1.807, 2.05) is 19.9 Å². The molecule has 0 unspecified atom stereocenters. The molecule has 3 aromatic carbocycles. The Hall–Kier alpha value is -2.85. The van der Waals surface area contributed by atoms with Gasteiger partial charge in [-0.3, -0.25) is 18.5 Å². The number of amides is 1. The van der Waals surface area contributed by atoms with Crippen LogP contribution < -0.4 is 14.5 Å². The minimum absolute atomic E-state index is 0.0171. The smallest absolute Gasteiger partial charge is 0.308 e. The number of hydrogen-bond acceptors (Lipinski definition) is 5. The molecule has 4 aromatic rings. The van der Waals surface area contributed by atoms with Gasteiger partial charge in [-0.25, -0.2) is 8.42 Å². The highest BCUT2D eigenvalue weighted by molar-refractivity contribution is 7.92. The summed E-state index contributed by atoms with van der Waals surface area (Å²) in [6, 6.07) is 16.8. The van der Waals surface area contributed by atoms with Crippen LogP contribution in [0.15, 0.2) is 65.5 Å². The largest absolute Gasteiger partial charge is 0.322 e. The summed E-state index contributed by atoms with van der Waals surface area (Å²) in [7, 11) is -3.66. The number of carbonyl (C=O) groups excluding carboxylic acids is 1. The van der Waals surface area contributed by atoms with Crippen LogP contribution in [0.5, 0.6) is 0 Å². The molecule has 7 nitrogen and oxygen atoms in total. The molecule has 0 aliphatic heterocycles. The molecule has 188 valence electrons. The van der Waals surface area contributed by atoms with Crippen LogP contribution in [0.1, 0.15) is 35.8 Å². The van der Waals surface area contributed by atoms with Crippen molar-refractivity contribution in [1.82, 2.24) is 4.57 Å². The summed E-state index contributed by atoms with van der Waals surface area (Å²) in [6.45, 7) is 3.92. The highest BCUT2D eigenvalue weighted by Gasteiger charge is 2.22. The van der Waals surface area contributed by atoms with Crippen molar-refractivity contribution in [2.24, 2.45) is 0 Å². The van der Waals surface area contributed by atoms with Gasteiger partial charge < -0.3 is 5.32 Å². The van der Waals surface area contributed by atoms with Crippen molar-refractivity contribution >= 4 is 72.1 Å². The maximum absolute atomic E-state index is 12.8. The van der Waals surface area contributed by atoms with Crippen LogP contribution in [0.4, 0.5) is 11.4 Å². The molecule has 0 aliphatic carbocycles. The predicted molar refractivity (Wildman–Crippen MR) is 148 cm³/mol. The molecule has 11 heteroatoms. The van der Waals surface area contributed by atoms with Gasteiger partial charge in [0, 0.05) is 17.3 Å². The van der Waals surface area contributed by atoms with Crippen LogP contribution in [-0.4, -0.2) is 25.1 Å². The molecule has 0 aliphatic rings. The molecule has 0 fully saturated rings. The molecule has 4 rings (SSSR count). The summed E-state index contributed by atoms with van der Waals surface area (Å²) in [5.74, 6) is -0.325. The molecule has 36 heavy (non-hydrogen) atoms. The summed E-state index contributed by atoms with van der Waals surface area (Å²) in [6.07, 6.45) is 1.09. The maximum Gasteiger partial charge on any atom is 0.308 e. The number of sulfonamides is 1. The summed E-state index contributed by atoms with van der Waals surface area (Å²) in [5.41, 5.74) is 2.75. The fourth-order valence-corrected chi connectivity index (χ4v) is 6.19. The number of fused-ring (bicyclic) bond motifs is 1. The highest BCUT2D eigenvalue weighted by atomic mass is 35.5. The number of anilines is 2. The monoisotopic (exact) mass is 563 g/mol. The first kappa shape index (κ1) is 26.2. The van der Waals surface area contributed by atoms with Crippen molar-refractivity contribution < 1.29 is 13.2 Å². The Morgan fingerprint density at radius 3 is 2.42 bits per heavy atom. The van der Waals surface area contributed by atoms with Gasteiger partial charge in [0.2, 0.25) is 10.0 Å². The Bertz CT molecular complexity index is 1610. The Morgan fingerprint density at radius 1 is 1.08 bits per heavy atom. The second kappa shape index (κ2) is 10.3. The van der Waals surface area contributed by atoms with Crippen LogP contribution in [0.2, 0.25) is 10.0 Å². The van der Waals surface area contributed by atoms with Crippen molar-refractivity contribution in [3.05, 3.63) is 91.5 Å². The number of carbonyl (C=O) groups is 1. The Labute approximate surface area is 222 Å². The quantitative estimate of drug-likeness (QED) is 0.291. The summed E-state index contributed by atoms with van der Waals surface area (Å²) in [5, 5.41) is 3.25. The molecule has 0 radical (unpaired) electrons. The van der Waals surface area contributed by atoms with E-state index in [1.165, 1.54) is 4.31 Å². The van der Waals surface area contributed by atoms with Crippen molar-refractivity contribution in [3.8, 4) is 0 Å². The lowest BCUT2D eigenvalue weighted by Gasteiger charge is -2.24. The van der Waals surface area contributed by atoms with Crippen molar-refractivity contribution in [3.63, 3.8) is 0 Å². The van der Waals surface area contributed by atoms with Gasteiger partial charge in [0.15, 0.2) is 0 Å². The SMILES string of the molecule is CC(C)n1c(=O)sc2cc(NC(=O)c3ccc(CN(c4cccc(Cl)c4Cl)S(C)(=O)=O)cc3)ccc21. The molecular weight excluding hydrogens is 541 g/mol. The molecule has 0 bridgehead atoms. The second-order valence-corrected chi connectivity index (χ2v) is 12.2. The zero-order valence-electron chi connectivity index (χ0n) is 19.7. The van der Waals surface area contributed by atoms with Crippen LogP contribution in [0.3, 0.4) is 0 Å². The number of benzene rings is 3.